The maximum atomic E-state index is 11.1. The summed E-state index contributed by atoms with van der Waals surface area (Å²) in [7, 11) is 2.97. The summed E-state index contributed by atoms with van der Waals surface area (Å²) in [5.41, 5.74) is 1.50. The second kappa shape index (κ2) is 5.34. The van der Waals surface area contributed by atoms with Gasteiger partial charge in [0, 0.05) is 12.5 Å². The SMILES string of the molecule is COc1c(C=O)cc(NC(C)=O)c(OC)c1C. The number of benzene rings is 1. The molecule has 0 saturated heterocycles. The van der Waals surface area contributed by atoms with E-state index in [-0.39, 0.29) is 5.91 Å². The minimum Gasteiger partial charge on any atom is -0.496 e. The predicted octanol–water partition coefficient (Wildman–Crippen LogP) is 1.78. The molecule has 0 aliphatic heterocycles. The number of carbonyl (C=O) groups excluding carboxylic acids is 2. The van der Waals surface area contributed by atoms with Gasteiger partial charge in [0.25, 0.3) is 0 Å². The summed E-state index contributed by atoms with van der Waals surface area (Å²) in [5.74, 6) is 0.707. The molecular formula is C12H15NO4. The van der Waals surface area contributed by atoms with E-state index >= 15 is 0 Å². The second-order valence-corrected chi connectivity index (χ2v) is 3.50. The van der Waals surface area contributed by atoms with Gasteiger partial charge in [-0.05, 0) is 13.0 Å². The van der Waals surface area contributed by atoms with E-state index < -0.39 is 0 Å². The molecule has 1 amide bonds. The summed E-state index contributed by atoms with van der Waals surface area (Å²) in [6.45, 7) is 3.15. The Hall–Kier alpha value is -2.04. The van der Waals surface area contributed by atoms with Gasteiger partial charge in [-0.25, -0.2) is 0 Å². The first kappa shape index (κ1) is 13.0. The highest BCUT2D eigenvalue weighted by Gasteiger charge is 2.16. The van der Waals surface area contributed by atoms with Gasteiger partial charge in [-0.1, -0.05) is 0 Å². The van der Waals surface area contributed by atoms with Crippen molar-refractivity contribution < 1.29 is 19.1 Å². The molecule has 0 aromatic heterocycles. The van der Waals surface area contributed by atoms with Crippen molar-refractivity contribution in [3.05, 3.63) is 17.2 Å². The van der Waals surface area contributed by atoms with Gasteiger partial charge in [-0.15, -0.1) is 0 Å². The van der Waals surface area contributed by atoms with Crippen LogP contribution in [-0.2, 0) is 4.79 Å². The fourth-order valence-electron chi connectivity index (χ4n) is 1.71. The summed E-state index contributed by atoms with van der Waals surface area (Å²) in [5, 5.41) is 2.61. The van der Waals surface area contributed by atoms with Crippen molar-refractivity contribution in [2.75, 3.05) is 19.5 Å². The third kappa shape index (κ3) is 2.55. The van der Waals surface area contributed by atoms with Gasteiger partial charge in [-0.3, -0.25) is 9.59 Å². The Labute approximate surface area is 99.7 Å². The topological polar surface area (TPSA) is 64.6 Å². The molecule has 1 aromatic carbocycles. The van der Waals surface area contributed by atoms with E-state index in [0.717, 1.165) is 0 Å². The van der Waals surface area contributed by atoms with Crippen molar-refractivity contribution in [2.45, 2.75) is 13.8 Å². The number of hydrogen-bond donors (Lipinski definition) is 1. The van der Waals surface area contributed by atoms with E-state index in [1.807, 2.05) is 0 Å². The first-order chi connectivity index (χ1) is 8.04. The van der Waals surface area contributed by atoms with Crippen molar-refractivity contribution in [3.8, 4) is 11.5 Å². The summed E-state index contributed by atoms with van der Waals surface area (Å²) in [6, 6.07) is 1.53. The number of rotatable bonds is 4. The maximum Gasteiger partial charge on any atom is 0.221 e. The summed E-state index contributed by atoms with van der Waals surface area (Å²) < 4.78 is 10.4. The van der Waals surface area contributed by atoms with Crippen molar-refractivity contribution in [3.63, 3.8) is 0 Å². The molecule has 0 heterocycles. The monoisotopic (exact) mass is 237 g/mol. The van der Waals surface area contributed by atoms with Crippen LogP contribution in [-0.4, -0.2) is 26.4 Å². The Kier molecular flexibility index (Phi) is 4.09. The molecule has 0 atom stereocenters. The zero-order chi connectivity index (χ0) is 13.0. The molecule has 0 aliphatic rings. The molecule has 0 radical (unpaired) electrons. The highest BCUT2D eigenvalue weighted by molar-refractivity contribution is 5.94. The highest BCUT2D eigenvalue weighted by atomic mass is 16.5. The van der Waals surface area contributed by atoms with Crippen molar-refractivity contribution in [1.29, 1.82) is 0 Å². The number of amides is 1. The first-order valence-corrected chi connectivity index (χ1v) is 5.03. The van der Waals surface area contributed by atoms with Crippen molar-refractivity contribution in [1.82, 2.24) is 0 Å². The molecule has 0 saturated carbocycles. The summed E-state index contributed by atoms with van der Waals surface area (Å²) in [4.78, 5) is 22.0. The minimum absolute atomic E-state index is 0.232. The standard InChI is InChI=1S/C12H15NO4/c1-7-11(16-3)9(6-14)5-10(12(7)17-4)13-8(2)15/h5-6H,1-4H3,(H,13,15). The zero-order valence-electron chi connectivity index (χ0n) is 10.3. The van der Waals surface area contributed by atoms with Gasteiger partial charge < -0.3 is 14.8 Å². The van der Waals surface area contributed by atoms with Crippen LogP contribution in [0.1, 0.15) is 22.8 Å². The highest BCUT2D eigenvalue weighted by Crippen LogP contribution is 2.37. The molecule has 0 unspecified atom stereocenters. The van der Waals surface area contributed by atoms with Crippen LogP contribution in [0.25, 0.3) is 0 Å². The normalized spacial score (nSPS) is 9.65. The van der Waals surface area contributed by atoms with E-state index in [4.69, 9.17) is 9.47 Å². The van der Waals surface area contributed by atoms with Crippen LogP contribution in [0.15, 0.2) is 6.07 Å². The van der Waals surface area contributed by atoms with Gasteiger partial charge >= 0.3 is 0 Å². The number of nitrogens with one attached hydrogen (secondary N) is 1. The zero-order valence-corrected chi connectivity index (χ0v) is 10.3. The van der Waals surface area contributed by atoms with Crippen LogP contribution >= 0.6 is 0 Å². The van der Waals surface area contributed by atoms with Crippen LogP contribution in [0.2, 0.25) is 0 Å². The van der Waals surface area contributed by atoms with Gasteiger partial charge in [0.05, 0.1) is 25.5 Å². The van der Waals surface area contributed by atoms with Gasteiger partial charge in [0.15, 0.2) is 6.29 Å². The molecule has 1 aromatic rings. The van der Waals surface area contributed by atoms with Crippen molar-refractivity contribution in [2.24, 2.45) is 0 Å². The maximum absolute atomic E-state index is 11.1. The third-order valence-corrected chi connectivity index (χ3v) is 2.33. The molecule has 1 N–H and O–H groups in total. The number of anilines is 1. The lowest BCUT2D eigenvalue weighted by Gasteiger charge is -2.16. The lowest BCUT2D eigenvalue weighted by atomic mass is 10.1. The molecule has 0 spiro atoms. The summed E-state index contributed by atoms with van der Waals surface area (Å²) in [6.07, 6.45) is 0.677. The smallest absolute Gasteiger partial charge is 0.221 e. The molecule has 1 rings (SSSR count). The van der Waals surface area contributed by atoms with Crippen LogP contribution in [0, 0.1) is 6.92 Å². The minimum atomic E-state index is -0.232. The Bertz CT molecular complexity index is 454. The van der Waals surface area contributed by atoms with Crippen molar-refractivity contribution >= 4 is 17.9 Å². The second-order valence-electron chi connectivity index (χ2n) is 3.50. The molecule has 92 valence electrons. The third-order valence-electron chi connectivity index (χ3n) is 2.33. The molecule has 0 aliphatic carbocycles. The Morgan fingerprint density at radius 3 is 2.29 bits per heavy atom. The van der Waals surface area contributed by atoms with E-state index in [1.165, 1.54) is 27.2 Å². The van der Waals surface area contributed by atoms with E-state index in [2.05, 4.69) is 5.32 Å². The average Bonchev–Trinajstić information content (AvgIpc) is 2.28. The number of hydrogen-bond acceptors (Lipinski definition) is 4. The number of aldehydes is 1. The summed E-state index contributed by atoms with van der Waals surface area (Å²) >= 11 is 0. The fourth-order valence-corrected chi connectivity index (χ4v) is 1.71. The number of methoxy groups -OCH3 is 2. The number of ether oxygens (including phenoxy) is 2. The van der Waals surface area contributed by atoms with Crippen LogP contribution in [0.3, 0.4) is 0 Å². The van der Waals surface area contributed by atoms with Crippen LogP contribution < -0.4 is 14.8 Å². The largest absolute Gasteiger partial charge is 0.496 e. The van der Waals surface area contributed by atoms with E-state index in [0.29, 0.717) is 34.6 Å². The van der Waals surface area contributed by atoms with Gasteiger partial charge in [-0.2, -0.15) is 0 Å². The van der Waals surface area contributed by atoms with E-state index in [1.54, 1.807) is 6.92 Å². The fraction of sp³-hybridized carbons (Fsp3) is 0.333. The Balaban J connectivity index is 3.44. The van der Waals surface area contributed by atoms with Gasteiger partial charge in [0.1, 0.15) is 11.5 Å². The molecule has 5 heteroatoms. The van der Waals surface area contributed by atoms with Gasteiger partial charge in [0.2, 0.25) is 5.91 Å². The molecular weight excluding hydrogens is 222 g/mol. The molecule has 0 fully saturated rings. The Morgan fingerprint density at radius 1 is 1.29 bits per heavy atom. The Morgan fingerprint density at radius 2 is 1.88 bits per heavy atom. The average molecular weight is 237 g/mol. The van der Waals surface area contributed by atoms with E-state index in [9.17, 15) is 9.59 Å². The van der Waals surface area contributed by atoms with Crippen LogP contribution in [0.4, 0.5) is 5.69 Å². The predicted molar refractivity (Wildman–Crippen MR) is 64.0 cm³/mol. The molecule has 0 bridgehead atoms. The molecule has 17 heavy (non-hydrogen) atoms. The van der Waals surface area contributed by atoms with Crippen LogP contribution in [0.5, 0.6) is 11.5 Å². The number of carbonyl (C=O) groups is 2. The molecule has 5 nitrogen and oxygen atoms in total. The lowest BCUT2D eigenvalue weighted by molar-refractivity contribution is -0.114. The first-order valence-electron chi connectivity index (χ1n) is 5.03. The lowest BCUT2D eigenvalue weighted by Crippen LogP contribution is -2.09. The quantitative estimate of drug-likeness (QED) is 0.811.